The highest BCUT2D eigenvalue weighted by Gasteiger charge is 2.32. The third-order valence-electron chi connectivity index (χ3n) is 5.53. The summed E-state index contributed by atoms with van der Waals surface area (Å²) in [6.07, 6.45) is -3.32. The molecule has 1 fully saturated rings. The van der Waals surface area contributed by atoms with Crippen molar-refractivity contribution in [2.45, 2.75) is 37.6 Å². The van der Waals surface area contributed by atoms with E-state index < -0.39 is 33.1 Å². The van der Waals surface area contributed by atoms with Crippen molar-refractivity contribution in [3.63, 3.8) is 0 Å². The van der Waals surface area contributed by atoms with Crippen molar-refractivity contribution in [3.05, 3.63) is 42.1 Å². The summed E-state index contributed by atoms with van der Waals surface area (Å²) in [5.41, 5.74) is 0.814. The minimum absolute atomic E-state index is 0.0272. The standard InChI is InChI=1S/C23H29F3N4O5S/c1-3-4-13-34-22(31)28-36(32,33)21-8-6-18(35-23(24,25)26)14-19(21)20-7-5-17(15-27-20)16-30-11-9-29(2)10-12-30/h5-8,14-15H,3-4,9-13,16H2,1-2H3,(H,28,31). The first-order chi connectivity index (χ1) is 17.0. The van der Waals surface area contributed by atoms with E-state index in [9.17, 15) is 26.4 Å². The van der Waals surface area contributed by atoms with Crippen molar-refractivity contribution in [2.75, 3.05) is 39.8 Å². The highest BCUT2D eigenvalue weighted by Crippen LogP contribution is 2.32. The van der Waals surface area contributed by atoms with E-state index in [0.717, 1.165) is 56.4 Å². The molecular formula is C23H29F3N4O5S. The number of carbonyl (C=O) groups is 1. The molecule has 0 unspecified atom stereocenters. The van der Waals surface area contributed by atoms with Gasteiger partial charge in [0.25, 0.3) is 10.0 Å². The number of amides is 1. The van der Waals surface area contributed by atoms with Crippen LogP contribution in [0.15, 0.2) is 41.4 Å². The molecule has 1 amide bonds. The first-order valence-electron chi connectivity index (χ1n) is 11.4. The van der Waals surface area contributed by atoms with E-state index in [1.807, 2.05) is 6.92 Å². The molecule has 13 heteroatoms. The minimum atomic E-state index is -4.97. The Morgan fingerprint density at radius 1 is 1.14 bits per heavy atom. The van der Waals surface area contributed by atoms with E-state index in [-0.39, 0.29) is 17.9 Å². The number of aromatic nitrogens is 1. The number of nitrogens with zero attached hydrogens (tertiary/aromatic N) is 3. The number of pyridine rings is 1. The van der Waals surface area contributed by atoms with Crippen LogP contribution in [-0.4, -0.2) is 75.5 Å². The number of hydrogen-bond acceptors (Lipinski definition) is 8. The maximum absolute atomic E-state index is 12.9. The topological polar surface area (TPSA) is 101 Å². The molecule has 0 radical (unpaired) electrons. The second-order valence-electron chi connectivity index (χ2n) is 8.43. The maximum atomic E-state index is 12.9. The lowest BCUT2D eigenvalue weighted by Gasteiger charge is -2.32. The molecule has 2 heterocycles. The maximum Gasteiger partial charge on any atom is 0.573 e. The Balaban J connectivity index is 1.87. The number of piperazine rings is 1. The number of rotatable bonds is 9. The van der Waals surface area contributed by atoms with E-state index >= 15 is 0 Å². The van der Waals surface area contributed by atoms with Crippen molar-refractivity contribution in [3.8, 4) is 17.0 Å². The summed E-state index contributed by atoms with van der Waals surface area (Å²) in [6, 6.07) is 5.97. The van der Waals surface area contributed by atoms with Gasteiger partial charge in [0, 0.05) is 44.5 Å². The quantitative estimate of drug-likeness (QED) is 0.491. The largest absolute Gasteiger partial charge is 0.573 e. The van der Waals surface area contributed by atoms with E-state index in [1.165, 1.54) is 6.07 Å². The molecule has 1 aromatic heterocycles. The summed E-state index contributed by atoms with van der Waals surface area (Å²) in [6.45, 7) is 6.18. The van der Waals surface area contributed by atoms with E-state index in [2.05, 4.69) is 26.6 Å². The molecule has 1 N–H and O–H groups in total. The molecule has 2 aromatic rings. The summed E-state index contributed by atoms with van der Waals surface area (Å²) in [5, 5.41) is 0. The van der Waals surface area contributed by atoms with Gasteiger partial charge in [0.2, 0.25) is 0 Å². The number of likely N-dealkylation sites (N-methyl/N-ethyl adjacent to an activating group) is 1. The van der Waals surface area contributed by atoms with Crippen molar-refractivity contribution in [1.29, 1.82) is 0 Å². The second kappa shape index (κ2) is 11.9. The average molecular weight is 531 g/mol. The molecule has 36 heavy (non-hydrogen) atoms. The van der Waals surface area contributed by atoms with Crippen LogP contribution in [0.3, 0.4) is 0 Å². The summed E-state index contributed by atoms with van der Waals surface area (Å²) in [5.74, 6) is -0.620. The lowest BCUT2D eigenvalue weighted by molar-refractivity contribution is -0.274. The minimum Gasteiger partial charge on any atom is -0.449 e. The van der Waals surface area contributed by atoms with Crippen LogP contribution in [0.4, 0.5) is 18.0 Å². The van der Waals surface area contributed by atoms with Crippen LogP contribution >= 0.6 is 0 Å². The van der Waals surface area contributed by atoms with Gasteiger partial charge >= 0.3 is 12.5 Å². The molecule has 3 rings (SSSR count). The van der Waals surface area contributed by atoms with Gasteiger partial charge in [-0.3, -0.25) is 9.88 Å². The van der Waals surface area contributed by atoms with Crippen LogP contribution in [0.5, 0.6) is 5.75 Å². The van der Waals surface area contributed by atoms with Crippen LogP contribution in [0, 0.1) is 0 Å². The predicted molar refractivity (Wildman–Crippen MR) is 126 cm³/mol. The summed E-state index contributed by atoms with van der Waals surface area (Å²) < 4.78 is 74.8. The van der Waals surface area contributed by atoms with Gasteiger partial charge in [0.1, 0.15) is 5.75 Å². The first kappa shape index (κ1) is 27.7. The SMILES string of the molecule is CCCCOC(=O)NS(=O)(=O)c1ccc(OC(F)(F)F)cc1-c1ccc(CN2CCN(C)CC2)cn1. The van der Waals surface area contributed by atoms with E-state index in [1.54, 1.807) is 17.0 Å². The zero-order valence-corrected chi connectivity index (χ0v) is 20.9. The molecule has 1 saturated heterocycles. The van der Waals surface area contributed by atoms with Gasteiger partial charge in [-0.2, -0.15) is 0 Å². The first-order valence-corrected chi connectivity index (χ1v) is 12.9. The molecule has 0 spiro atoms. The van der Waals surface area contributed by atoms with Crippen LogP contribution in [0.2, 0.25) is 0 Å². The van der Waals surface area contributed by atoms with Gasteiger partial charge in [-0.25, -0.2) is 17.9 Å². The van der Waals surface area contributed by atoms with Crippen molar-refractivity contribution in [2.24, 2.45) is 0 Å². The Hall–Kier alpha value is -2.90. The molecule has 9 nitrogen and oxygen atoms in total. The molecule has 0 atom stereocenters. The Morgan fingerprint density at radius 3 is 2.47 bits per heavy atom. The monoisotopic (exact) mass is 530 g/mol. The fourth-order valence-electron chi connectivity index (χ4n) is 3.59. The number of ether oxygens (including phenoxy) is 2. The number of sulfonamides is 1. The van der Waals surface area contributed by atoms with Crippen LogP contribution in [-0.2, 0) is 21.3 Å². The van der Waals surface area contributed by atoms with Gasteiger partial charge in [0.15, 0.2) is 0 Å². The fourth-order valence-corrected chi connectivity index (χ4v) is 4.67. The molecule has 1 aliphatic rings. The van der Waals surface area contributed by atoms with Crippen molar-refractivity contribution >= 4 is 16.1 Å². The van der Waals surface area contributed by atoms with E-state index in [0.29, 0.717) is 13.0 Å². The number of unbranched alkanes of at least 4 members (excludes halogenated alkanes) is 1. The number of benzene rings is 1. The third-order valence-corrected chi connectivity index (χ3v) is 6.90. The lowest BCUT2D eigenvalue weighted by atomic mass is 10.1. The zero-order chi connectivity index (χ0) is 26.3. The second-order valence-corrected chi connectivity index (χ2v) is 10.1. The van der Waals surface area contributed by atoms with E-state index in [4.69, 9.17) is 4.74 Å². The lowest BCUT2D eigenvalue weighted by Crippen LogP contribution is -2.43. The summed E-state index contributed by atoms with van der Waals surface area (Å²) in [7, 11) is -2.44. The average Bonchev–Trinajstić information content (AvgIpc) is 2.80. The number of nitrogens with one attached hydrogen (secondary N) is 1. The molecule has 1 aliphatic heterocycles. The van der Waals surface area contributed by atoms with Gasteiger partial charge in [0.05, 0.1) is 17.2 Å². The number of alkyl halides is 3. The smallest absolute Gasteiger partial charge is 0.449 e. The van der Waals surface area contributed by atoms with Crippen molar-refractivity contribution in [1.82, 2.24) is 19.5 Å². The summed E-state index contributed by atoms with van der Waals surface area (Å²) in [4.78, 5) is 20.3. The van der Waals surface area contributed by atoms with Gasteiger partial charge < -0.3 is 14.4 Å². The van der Waals surface area contributed by atoms with Crippen molar-refractivity contribution < 1.29 is 35.9 Å². The molecule has 0 bridgehead atoms. The Morgan fingerprint density at radius 2 is 1.86 bits per heavy atom. The molecular weight excluding hydrogens is 501 g/mol. The Labute approximate surface area is 208 Å². The Bertz CT molecular complexity index is 1140. The number of carbonyl (C=O) groups excluding carboxylic acids is 1. The highest BCUT2D eigenvalue weighted by atomic mass is 32.2. The summed E-state index contributed by atoms with van der Waals surface area (Å²) >= 11 is 0. The normalized spacial score (nSPS) is 15.5. The third kappa shape index (κ3) is 8.07. The zero-order valence-electron chi connectivity index (χ0n) is 20.0. The number of halogens is 3. The van der Waals surface area contributed by atoms with Gasteiger partial charge in [-0.05, 0) is 43.3 Å². The van der Waals surface area contributed by atoms with Gasteiger partial charge in [-0.15, -0.1) is 13.2 Å². The molecule has 1 aromatic carbocycles. The van der Waals surface area contributed by atoms with Crippen LogP contribution in [0.25, 0.3) is 11.3 Å². The molecule has 0 aliphatic carbocycles. The van der Waals surface area contributed by atoms with Crippen LogP contribution in [0.1, 0.15) is 25.3 Å². The fraction of sp³-hybridized carbons (Fsp3) is 0.478. The van der Waals surface area contributed by atoms with Gasteiger partial charge in [-0.1, -0.05) is 19.4 Å². The Kier molecular flexibility index (Phi) is 9.14. The highest BCUT2D eigenvalue weighted by molar-refractivity contribution is 7.90. The molecule has 0 saturated carbocycles. The molecule has 198 valence electrons. The number of hydrogen-bond donors (Lipinski definition) is 1. The predicted octanol–water partition coefficient (Wildman–Crippen LogP) is 3.61. The van der Waals surface area contributed by atoms with Crippen LogP contribution < -0.4 is 9.46 Å².